The van der Waals surface area contributed by atoms with Crippen molar-refractivity contribution in [3.8, 4) is 0 Å². The van der Waals surface area contributed by atoms with E-state index in [0.29, 0.717) is 12.3 Å². The molecule has 0 bridgehead atoms. The molecule has 0 spiro atoms. The van der Waals surface area contributed by atoms with E-state index < -0.39 is 32.0 Å². The summed E-state index contributed by atoms with van der Waals surface area (Å²) in [6.07, 6.45) is 0. The Kier molecular flexibility index (Phi) is 9.27. The summed E-state index contributed by atoms with van der Waals surface area (Å²) >= 11 is 1.66. The van der Waals surface area contributed by atoms with Gasteiger partial charge in [-0.25, -0.2) is 16.8 Å². The molecule has 1 heterocycles. The van der Waals surface area contributed by atoms with Crippen molar-refractivity contribution in [2.75, 3.05) is 31.9 Å². The molecule has 1 atom stereocenters. The minimum Gasteiger partial charge on any atom is -0.354 e. The zero-order valence-corrected chi connectivity index (χ0v) is 23.5. The molecule has 1 aliphatic heterocycles. The molecule has 1 aliphatic rings. The Morgan fingerprint density at radius 3 is 2.13 bits per heavy atom. The van der Waals surface area contributed by atoms with Gasteiger partial charge < -0.3 is 5.32 Å². The summed E-state index contributed by atoms with van der Waals surface area (Å²) in [4.78, 5) is 13.5. The van der Waals surface area contributed by atoms with Crippen molar-refractivity contribution < 1.29 is 21.6 Å². The molecule has 1 fully saturated rings. The van der Waals surface area contributed by atoms with Crippen molar-refractivity contribution in [2.24, 2.45) is 0 Å². The lowest BCUT2D eigenvalue weighted by Gasteiger charge is -2.38. The minimum atomic E-state index is -4.02. The first kappa shape index (κ1) is 28.3. The third-order valence-electron chi connectivity index (χ3n) is 6.22. The smallest absolute Gasteiger partial charge is 0.243 e. The summed E-state index contributed by atoms with van der Waals surface area (Å²) in [5.41, 5.74) is 2.37. The Morgan fingerprint density at radius 1 is 0.868 bits per heavy atom. The number of sulfonamides is 2. The van der Waals surface area contributed by atoms with Gasteiger partial charge in [0.05, 0.1) is 9.79 Å². The van der Waals surface area contributed by atoms with Gasteiger partial charge in [-0.15, -0.1) is 0 Å². The second-order valence-corrected chi connectivity index (χ2v) is 13.9. The highest BCUT2D eigenvalue weighted by Crippen LogP contribution is 2.25. The van der Waals surface area contributed by atoms with Crippen LogP contribution in [0.5, 0.6) is 0 Å². The van der Waals surface area contributed by atoms with Crippen LogP contribution >= 0.6 is 11.8 Å². The minimum absolute atomic E-state index is 0.0561. The highest BCUT2D eigenvalue weighted by atomic mass is 32.2. The Balaban J connectivity index is 1.48. The van der Waals surface area contributed by atoms with Gasteiger partial charge in [-0.3, -0.25) is 4.79 Å². The monoisotopic (exact) mass is 573 g/mol. The van der Waals surface area contributed by atoms with E-state index in [1.807, 2.05) is 19.1 Å². The van der Waals surface area contributed by atoms with Crippen LogP contribution < -0.4 is 5.32 Å². The normalized spacial score (nSPS) is 17.2. The van der Waals surface area contributed by atoms with Gasteiger partial charge in [0.2, 0.25) is 26.0 Å². The molecule has 38 heavy (non-hydrogen) atoms. The van der Waals surface area contributed by atoms with E-state index in [1.54, 1.807) is 48.2 Å². The lowest BCUT2D eigenvalue weighted by Crippen LogP contribution is -2.61. The van der Waals surface area contributed by atoms with Crippen molar-refractivity contribution in [2.45, 2.75) is 28.5 Å². The third-order valence-corrected chi connectivity index (χ3v) is 11.1. The molecule has 4 rings (SSSR count). The molecule has 1 amide bonds. The maximum Gasteiger partial charge on any atom is 0.243 e. The van der Waals surface area contributed by atoms with Crippen LogP contribution in [0.25, 0.3) is 0 Å². The number of piperazine rings is 1. The number of carbonyl (C=O) groups excluding carboxylic acids is 1. The van der Waals surface area contributed by atoms with Gasteiger partial charge in [-0.1, -0.05) is 66.2 Å². The van der Waals surface area contributed by atoms with Gasteiger partial charge in [-0.05, 0) is 36.8 Å². The highest BCUT2D eigenvalue weighted by molar-refractivity contribution is 7.98. The quantitative estimate of drug-likeness (QED) is 0.374. The fourth-order valence-electron chi connectivity index (χ4n) is 4.29. The molecule has 0 unspecified atom stereocenters. The molecule has 3 aromatic carbocycles. The van der Waals surface area contributed by atoms with Crippen molar-refractivity contribution in [3.05, 3.63) is 96.1 Å². The number of benzene rings is 3. The summed E-state index contributed by atoms with van der Waals surface area (Å²) in [5.74, 6) is 0.899. The fourth-order valence-corrected chi connectivity index (χ4v) is 8.14. The van der Waals surface area contributed by atoms with Crippen molar-refractivity contribution in [1.29, 1.82) is 0 Å². The zero-order valence-electron chi connectivity index (χ0n) is 21.1. The molecule has 8 nitrogen and oxygen atoms in total. The van der Waals surface area contributed by atoms with Crippen LogP contribution in [0.3, 0.4) is 0 Å². The van der Waals surface area contributed by atoms with Crippen LogP contribution in [-0.4, -0.2) is 69.3 Å². The number of hydrogen-bond donors (Lipinski definition) is 1. The number of carbonyl (C=O) groups is 1. The second kappa shape index (κ2) is 12.4. The topological polar surface area (TPSA) is 104 Å². The number of hydrogen-bond acceptors (Lipinski definition) is 6. The number of thioether (sulfide) groups is 1. The van der Waals surface area contributed by atoms with Crippen molar-refractivity contribution in [3.63, 3.8) is 0 Å². The first-order valence-electron chi connectivity index (χ1n) is 12.2. The number of nitrogens with zero attached hydrogens (tertiary/aromatic N) is 2. The Morgan fingerprint density at radius 2 is 1.50 bits per heavy atom. The van der Waals surface area contributed by atoms with Crippen molar-refractivity contribution in [1.82, 2.24) is 13.9 Å². The second-order valence-electron chi connectivity index (χ2n) is 8.95. The van der Waals surface area contributed by atoms with E-state index in [0.717, 1.165) is 10.1 Å². The predicted molar refractivity (Wildman–Crippen MR) is 150 cm³/mol. The van der Waals surface area contributed by atoms with Crippen LogP contribution in [0.1, 0.15) is 11.1 Å². The molecule has 202 valence electrons. The zero-order chi connectivity index (χ0) is 27.2. The molecule has 0 aromatic heterocycles. The number of aryl methyl sites for hydroxylation is 1. The van der Waals surface area contributed by atoms with Gasteiger partial charge in [0.25, 0.3) is 0 Å². The summed E-state index contributed by atoms with van der Waals surface area (Å²) in [7, 11) is -7.92. The van der Waals surface area contributed by atoms with Crippen molar-refractivity contribution >= 4 is 37.7 Å². The van der Waals surface area contributed by atoms with Gasteiger partial charge in [0, 0.05) is 37.7 Å². The lowest BCUT2D eigenvalue weighted by molar-refractivity contribution is -0.125. The third kappa shape index (κ3) is 6.65. The van der Waals surface area contributed by atoms with E-state index in [4.69, 9.17) is 0 Å². The molecule has 0 saturated carbocycles. The van der Waals surface area contributed by atoms with E-state index >= 15 is 0 Å². The fraction of sp³-hybridized carbons (Fsp3) is 0.296. The summed E-state index contributed by atoms with van der Waals surface area (Å²) in [5, 5.41) is 2.83. The Hall–Kier alpha value is -2.70. The van der Waals surface area contributed by atoms with E-state index in [2.05, 4.69) is 17.4 Å². The molecule has 0 aliphatic carbocycles. The summed E-state index contributed by atoms with van der Waals surface area (Å²) in [6.45, 7) is 1.90. The number of rotatable bonds is 10. The Labute approximate surface area is 229 Å². The van der Waals surface area contributed by atoms with Crippen LogP contribution in [0.15, 0.2) is 94.7 Å². The number of amides is 1. The molecule has 3 aromatic rings. The lowest BCUT2D eigenvalue weighted by atomic mass is 10.2. The number of nitrogens with one attached hydrogen (secondary N) is 1. The predicted octanol–water partition coefficient (Wildman–Crippen LogP) is 3.11. The summed E-state index contributed by atoms with van der Waals surface area (Å²) in [6, 6.07) is 22.8. The summed E-state index contributed by atoms with van der Waals surface area (Å²) < 4.78 is 55.8. The Bertz CT molecular complexity index is 1450. The SMILES string of the molecule is Cc1cccc(CSCCNC(=O)[C@H]2CN(S(=O)(=O)c3ccccc3)CCN2S(=O)(=O)c2ccccc2)c1. The largest absolute Gasteiger partial charge is 0.354 e. The first-order chi connectivity index (χ1) is 18.2. The van der Waals surface area contributed by atoms with E-state index in [9.17, 15) is 21.6 Å². The van der Waals surface area contributed by atoms with E-state index in [1.165, 1.54) is 39.7 Å². The standard InChI is InChI=1S/C27H31N3O5S3/c1-22-9-8-10-23(19-22)21-36-18-15-28-27(31)26-20-29(37(32,33)24-11-4-2-5-12-24)16-17-30(26)38(34,35)25-13-6-3-7-14-25/h2-14,19,26H,15-18,20-21H2,1H3,(H,28,31)/t26-/m1/s1. The van der Waals surface area contributed by atoms with Gasteiger partial charge in [-0.2, -0.15) is 20.4 Å². The molecular formula is C27H31N3O5S3. The van der Waals surface area contributed by atoms with Gasteiger partial charge >= 0.3 is 0 Å². The van der Waals surface area contributed by atoms with Crippen LogP contribution in [-0.2, 0) is 30.6 Å². The molecular weight excluding hydrogens is 543 g/mol. The van der Waals surface area contributed by atoms with E-state index in [-0.39, 0.29) is 29.4 Å². The maximum absolute atomic E-state index is 13.5. The average Bonchev–Trinajstić information content (AvgIpc) is 2.93. The van der Waals surface area contributed by atoms with Gasteiger partial charge in [0.1, 0.15) is 6.04 Å². The molecule has 11 heteroatoms. The average molecular weight is 574 g/mol. The highest BCUT2D eigenvalue weighted by Gasteiger charge is 2.43. The van der Waals surface area contributed by atoms with Crippen LogP contribution in [0, 0.1) is 6.92 Å². The van der Waals surface area contributed by atoms with Gasteiger partial charge in [0.15, 0.2) is 0 Å². The molecule has 1 saturated heterocycles. The first-order valence-corrected chi connectivity index (χ1v) is 16.3. The molecule has 1 N–H and O–H groups in total. The van der Waals surface area contributed by atoms with Crippen LogP contribution in [0.4, 0.5) is 0 Å². The molecule has 0 radical (unpaired) electrons. The van der Waals surface area contributed by atoms with Crippen LogP contribution in [0.2, 0.25) is 0 Å². The maximum atomic E-state index is 13.5.